The Kier molecular flexibility index (Phi) is 8.41. The van der Waals surface area contributed by atoms with Gasteiger partial charge in [-0.15, -0.1) is 0 Å². The van der Waals surface area contributed by atoms with Crippen molar-refractivity contribution in [1.29, 1.82) is 0 Å². The number of carbonyl (C=O) groups is 2. The molecule has 6 nitrogen and oxygen atoms in total. The second-order valence-corrected chi connectivity index (χ2v) is 9.75. The molecule has 0 atom stereocenters. The van der Waals surface area contributed by atoms with Crippen LogP contribution in [0, 0.1) is 0 Å². The van der Waals surface area contributed by atoms with E-state index in [1.54, 1.807) is 47.8 Å². The third-order valence-electron chi connectivity index (χ3n) is 6.59. The van der Waals surface area contributed by atoms with Gasteiger partial charge in [0.05, 0.1) is 0 Å². The van der Waals surface area contributed by atoms with Crippen LogP contribution in [0.25, 0.3) is 0 Å². The van der Waals surface area contributed by atoms with Crippen LogP contribution < -0.4 is 19.6 Å². The Bertz CT molecular complexity index is 1130. The van der Waals surface area contributed by atoms with Crippen LogP contribution in [0.1, 0.15) is 50.7 Å². The number of urea groups is 2. The Labute approximate surface area is 215 Å². The molecule has 0 aliphatic carbocycles. The minimum absolute atomic E-state index is 0.155. The van der Waals surface area contributed by atoms with E-state index in [0.717, 1.165) is 22.5 Å². The number of para-hydroxylation sites is 2. The molecule has 3 rings (SSSR count). The van der Waals surface area contributed by atoms with Gasteiger partial charge < -0.3 is 0 Å². The van der Waals surface area contributed by atoms with Gasteiger partial charge in [-0.1, -0.05) is 70.2 Å². The molecule has 0 saturated heterocycles. The molecule has 0 radical (unpaired) electrons. The number of carbonyl (C=O) groups excluding carboxylic acids is 2. The monoisotopic (exact) mass is 486 g/mol. The number of anilines is 4. The summed E-state index contributed by atoms with van der Waals surface area (Å²) in [6.45, 7) is 8.48. The number of rotatable bonds is 6. The number of amides is 4. The fourth-order valence-corrected chi connectivity index (χ4v) is 4.35. The van der Waals surface area contributed by atoms with Gasteiger partial charge in [-0.05, 0) is 53.3 Å². The molecule has 36 heavy (non-hydrogen) atoms. The molecule has 0 bridgehead atoms. The van der Waals surface area contributed by atoms with E-state index >= 15 is 0 Å². The van der Waals surface area contributed by atoms with Gasteiger partial charge in [0.2, 0.25) is 0 Å². The molecule has 0 spiro atoms. The van der Waals surface area contributed by atoms with Crippen molar-refractivity contribution < 1.29 is 9.59 Å². The van der Waals surface area contributed by atoms with E-state index in [-0.39, 0.29) is 12.1 Å². The SMILES string of the molecule is CC(C)c1ccccc1N(C)C(=O)N(C)c1cccc(N(C)C(=O)N(C)c2ccccc2C(C)C)c1. The average Bonchev–Trinajstić information content (AvgIpc) is 2.90. The Balaban J connectivity index is 1.83. The van der Waals surface area contributed by atoms with Crippen molar-refractivity contribution in [1.82, 2.24) is 0 Å². The molecule has 190 valence electrons. The lowest BCUT2D eigenvalue weighted by Crippen LogP contribution is -2.40. The van der Waals surface area contributed by atoms with E-state index in [9.17, 15) is 9.59 Å². The molecule has 3 aromatic carbocycles. The Morgan fingerprint density at radius 1 is 0.528 bits per heavy atom. The van der Waals surface area contributed by atoms with Gasteiger partial charge in [0.15, 0.2) is 0 Å². The quantitative estimate of drug-likeness (QED) is 0.366. The summed E-state index contributed by atoms with van der Waals surface area (Å²) in [5, 5.41) is 0. The Morgan fingerprint density at radius 2 is 0.889 bits per heavy atom. The van der Waals surface area contributed by atoms with Crippen LogP contribution >= 0.6 is 0 Å². The second-order valence-electron chi connectivity index (χ2n) is 9.75. The summed E-state index contributed by atoms with van der Waals surface area (Å²) in [7, 11) is 7.09. The van der Waals surface area contributed by atoms with Crippen LogP contribution in [-0.4, -0.2) is 40.3 Å². The molecule has 0 aliphatic heterocycles. The first-order valence-corrected chi connectivity index (χ1v) is 12.3. The highest BCUT2D eigenvalue weighted by Crippen LogP contribution is 2.30. The maximum absolute atomic E-state index is 13.4. The molecule has 0 heterocycles. The zero-order valence-corrected chi connectivity index (χ0v) is 22.7. The molecule has 4 amide bonds. The molecule has 0 unspecified atom stereocenters. The normalized spacial score (nSPS) is 10.9. The summed E-state index contributed by atoms with van der Waals surface area (Å²) in [6.07, 6.45) is 0. The average molecular weight is 487 g/mol. The molecular formula is C30H38N4O2. The van der Waals surface area contributed by atoms with Crippen LogP contribution in [-0.2, 0) is 0 Å². The molecule has 6 heteroatoms. The zero-order chi connectivity index (χ0) is 26.6. The van der Waals surface area contributed by atoms with E-state index < -0.39 is 0 Å². The van der Waals surface area contributed by atoms with E-state index in [2.05, 4.69) is 39.8 Å². The summed E-state index contributed by atoms with van der Waals surface area (Å²) in [6, 6.07) is 23.1. The van der Waals surface area contributed by atoms with Gasteiger partial charge >= 0.3 is 12.1 Å². The van der Waals surface area contributed by atoms with Crippen LogP contribution in [0.15, 0.2) is 72.8 Å². The van der Waals surface area contributed by atoms with Crippen molar-refractivity contribution in [2.24, 2.45) is 0 Å². The van der Waals surface area contributed by atoms with Crippen molar-refractivity contribution in [3.63, 3.8) is 0 Å². The summed E-state index contributed by atoms with van der Waals surface area (Å²) < 4.78 is 0. The first-order valence-electron chi connectivity index (χ1n) is 12.3. The summed E-state index contributed by atoms with van der Waals surface area (Å²) in [5.41, 5.74) is 5.42. The van der Waals surface area contributed by atoms with Gasteiger partial charge in [-0.25, -0.2) is 9.59 Å². The number of hydrogen-bond donors (Lipinski definition) is 0. The van der Waals surface area contributed by atoms with Gasteiger partial charge in [0, 0.05) is 50.9 Å². The summed E-state index contributed by atoms with van der Waals surface area (Å²) in [4.78, 5) is 33.3. The Hall–Kier alpha value is -3.80. The second kappa shape index (κ2) is 11.3. The van der Waals surface area contributed by atoms with Crippen LogP contribution in [0.3, 0.4) is 0 Å². The van der Waals surface area contributed by atoms with Crippen LogP contribution in [0.4, 0.5) is 32.3 Å². The van der Waals surface area contributed by atoms with E-state index in [1.807, 2.05) is 60.7 Å². The van der Waals surface area contributed by atoms with Crippen molar-refractivity contribution in [2.75, 3.05) is 47.8 Å². The minimum Gasteiger partial charge on any atom is -0.297 e. The summed E-state index contributed by atoms with van der Waals surface area (Å²) >= 11 is 0. The van der Waals surface area contributed by atoms with Gasteiger partial charge in [0.25, 0.3) is 0 Å². The van der Waals surface area contributed by atoms with Crippen molar-refractivity contribution >= 4 is 34.8 Å². The minimum atomic E-state index is -0.155. The van der Waals surface area contributed by atoms with Crippen molar-refractivity contribution in [3.05, 3.63) is 83.9 Å². The maximum Gasteiger partial charge on any atom is 0.328 e. The predicted octanol–water partition coefficient (Wildman–Crippen LogP) is 7.32. The van der Waals surface area contributed by atoms with E-state index in [1.165, 1.54) is 0 Å². The molecule has 0 saturated carbocycles. The number of nitrogens with zero attached hydrogens (tertiary/aromatic N) is 4. The predicted molar refractivity (Wildman–Crippen MR) is 152 cm³/mol. The highest BCUT2D eigenvalue weighted by Gasteiger charge is 2.23. The van der Waals surface area contributed by atoms with Gasteiger partial charge in [-0.3, -0.25) is 19.6 Å². The zero-order valence-electron chi connectivity index (χ0n) is 22.7. The lowest BCUT2D eigenvalue weighted by Gasteiger charge is -2.29. The smallest absolute Gasteiger partial charge is 0.297 e. The first kappa shape index (κ1) is 26.8. The number of benzene rings is 3. The fraction of sp³-hybridized carbons (Fsp3) is 0.333. The van der Waals surface area contributed by atoms with Gasteiger partial charge in [0.1, 0.15) is 0 Å². The van der Waals surface area contributed by atoms with Gasteiger partial charge in [-0.2, -0.15) is 0 Å². The fourth-order valence-electron chi connectivity index (χ4n) is 4.35. The van der Waals surface area contributed by atoms with Crippen LogP contribution in [0.2, 0.25) is 0 Å². The highest BCUT2D eigenvalue weighted by atomic mass is 16.2. The molecular weight excluding hydrogens is 448 g/mol. The lowest BCUT2D eigenvalue weighted by molar-refractivity contribution is 0.253. The Morgan fingerprint density at radius 3 is 1.25 bits per heavy atom. The molecule has 0 fully saturated rings. The van der Waals surface area contributed by atoms with Crippen molar-refractivity contribution in [2.45, 2.75) is 39.5 Å². The molecule has 0 N–H and O–H groups in total. The van der Waals surface area contributed by atoms with E-state index in [0.29, 0.717) is 23.2 Å². The third kappa shape index (κ3) is 5.54. The summed E-state index contributed by atoms with van der Waals surface area (Å²) in [5.74, 6) is 0.588. The largest absolute Gasteiger partial charge is 0.328 e. The number of hydrogen-bond acceptors (Lipinski definition) is 2. The first-order chi connectivity index (χ1) is 17.0. The molecule has 0 aliphatic rings. The highest BCUT2D eigenvalue weighted by molar-refractivity contribution is 6.05. The van der Waals surface area contributed by atoms with Crippen LogP contribution in [0.5, 0.6) is 0 Å². The van der Waals surface area contributed by atoms with E-state index in [4.69, 9.17) is 0 Å². The van der Waals surface area contributed by atoms with Crippen molar-refractivity contribution in [3.8, 4) is 0 Å². The topological polar surface area (TPSA) is 47.1 Å². The molecule has 3 aromatic rings. The maximum atomic E-state index is 13.4. The third-order valence-corrected chi connectivity index (χ3v) is 6.59. The molecule has 0 aromatic heterocycles. The lowest BCUT2D eigenvalue weighted by atomic mass is 10.0. The standard InChI is InChI=1S/C30H38N4O2/c1-21(2)25-16-9-11-18-27(25)33(7)29(35)31(5)23-14-13-15-24(20-23)32(6)30(36)34(8)28-19-12-10-17-26(28)22(3)4/h9-22H,1-8H3.